The number of aromatic nitrogens is 8. The standard InChI is InChI=1S/C112H104N14O4/c1-69-11-23-75(24-12-69)105-85-43-47-89(119-85)107(77-27-15-71(3)16-28-77)93-51-55-97(123-93)111(98-56-52-94(124-98)108(90-48-44-86(105)120-90)78-29-17-72(4)18-30-78)81-35-39-83(40-36-81)117-103(129)61-59-101(127)115-67-9-65-113-63-7-8-64-114-66-10-68-116-102(128)60-62-104(130)118-84-41-37-82(38-42-84)112-99-57-53-95(125-99)109(79-31-19-73(5)20-32-79)91-49-45-87(121-91)106(76-25-13-70(2)14-26-76)88-46-50-92(122-88)110(96-54-58-100(112)126-96)80-33-21-74(6)22-34-80/h11-58,113-114,119,121,124,126H,7-10,59-68H2,1-6H3,(H,115,127)(H,116,128)(H,117,129)(H,118,130). The van der Waals surface area contributed by atoms with Crippen LogP contribution >= 0.6 is 0 Å². The van der Waals surface area contributed by atoms with Gasteiger partial charge < -0.3 is 51.8 Å². The highest BCUT2D eigenvalue weighted by Gasteiger charge is 2.24. The number of hydrogen-bond donors (Lipinski definition) is 10. The fourth-order valence-corrected chi connectivity index (χ4v) is 17.3. The lowest BCUT2D eigenvalue weighted by atomic mass is 10.0. The third kappa shape index (κ3) is 19.6. The Bertz CT molecular complexity index is 6620. The minimum absolute atomic E-state index is 0.0376. The molecule has 18 nitrogen and oxygen atoms in total. The lowest BCUT2D eigenvalue weighted by Crippen LogP contribution is -2.29. The first-order chi connectivity index (χ1) is 63.5. The summed E-state index contributed by atoms with van der Waals surface area (Å²) < 4.78 is 0. The molecule has 4 aliphatic rings. The quantitative estimate of drug-likeness (QED) is 0.0198. The van der Waals surface area contributed by atoms with E-state index >= 15 is 0 Å². The number of carbonyl (C=O) groups excluding carboxylic acids is 4. The van der Waals surface area contributed by atoms with Gasteiger partial charge in [-0.05, 0) is 259 Å². The molecule has 0 atom stereocenters. The summed E-state index contributed by atoms with van der Waals surface area (Å²) in [5.74, 6) is -0.844. The summed E-state index contributed by atoms with van der Waals surface area (Å²) in [6.07, 6.45) is 20.5. The van der Waals surface area contributed by atoms with Gasteiger partial charge in [0.25, 0.3) is 0 Å². The number of nitrogens with one attached hydrogen (secondary N) is 10. The SMILES string of the molecule is Cc1ccc(-c2c3nc(c(-c4ccc(C)cc4)c4ccc([nH]4)c(-c4ccc(NC(=O)CCC(=O)NCCCNCCCCNCCCNC(=O)CCC(=O)Nc5ccc(-c6c7nc(c(-c8ccc(C)cc8)c8ccc([nH]8)c(-c8ccc(C)cc8)c8nc(c(-c9ccc(C)cc9)c9ccc6[nH]9)C=C8)C=C7)cc5)cc4)c4nc(c(-c5ccc(C)cc5)c5ccc2[nH]5)C=C4)C=C3)cc1. The van der Waals surface area contributed by atoms with Crippen molar-refractivity contribution in [2.24, 2.45) is 0 Å². The van der Waals surface area contributed by atoms with E-state index in [4.69, 9.17) is 19.9 Å². The van der Waals surface area contributed by atoms with E-state index in [0.717, 1.165) is 253 Å². The number of carbonyl (C=O) groups is 4. The Kier molecular flexibility index (Phi) is 25.6. The largest absolute Gasteiger partial charge is 0.356 e. The van der Waals surface area contributed by atoms with Crippen LogP contribution in [0.25, 0.3) is 182 Å². The Labute approximate surface area is 756 Å². The fourth-order valence-electron chi connectivity index (χ4n) is 17.3. The normalized spacial score (nSPS) is 12.0. The molecule has 0 saturated heterocycles. The van der Waals surface area contributed by atoms with Crippen LogP contribution < -0.4 is 31.9 Å². The van der Waals surface area contributed by atoms with Gasteiger partial charge in [-0.25, -0.2) is 19.9 Å². The van der Waals surface area contributed by atoms with Gasteiger partial charge in [0.15, 0.2) is 0 Å². The summed E-state index contributed by atoms with van der Waals surface area (Å²) >= 11 is 0. The van der Waals surface area contributed by atoms with Crippen LogP contribution in [0.3, 0.4) is 0 Å². The second-order valence-corrected chi connectivity index (χ2v) is 34.1. The molecule has 0 saturated carbocycles. The van der Waals surface area contributed by atoms with Crippen LogP contribution in [0.15, 0.2) is 243 Å². The molecule has 0 spiro atoms. The summed E-state index contributed by atoms with van der Waals surface area (Å²) in [6, 6.07) is 84.2. The molecule has 0 fully saturated rings. The van der Waals surface area contributed by atoms with Gasteiger partial charge in [0.1, 0.15) is 0 Å². The van der Waals surface area contributed by atoms with Gasteiger partial charge in [0.05, 0.1) is 45.6 Å². The predicted octanol–water partition coefficient (Wildman–Crippen LogP) is 23.9. The van der Waals surface area contributed by atoms with E-state index < -0.39 is 0 Å². The summed E-state index contributed by atoms with van der Waals surface area (Å²) in [5.41, 5.74) is 37.6. The van der Waals surface area contributed by atoms with Gasteiger partial charge in [-0.2, -0.15) is 0 Å². The third-order valence-electron chi connectivity index (χ3n) is 24.3. The molecule has 10 heterocycles. The van der Waals surface area contributed by atoms with E-state index in [2.05, 4.69) is 336 Å². The van der Waals surface area contributed by atoms with Crippen LogP contribution in [0.1, 0.15) is 130 Å². The Morgan fingerprint density at radius 2 is 0.392 bits per heavy atom. The molecule has 130 heavy (non-hydrogen) atoms. The molecule has 4 aliphatic heterocycles. The zero-order valence-electron chi connectivity index (χ0n) is 74.0. The number of fused-ring (bicyclic) bond motifs is 16. The highest BCUT2D eigenvalue weighted by Crippen LogP contribution is 2.43. The van der Waals surface area contributed by atoms with E-state index in [1.54, 1.807) is 0 Å². The van der Waals surface area contributed by atoms with Gasteiger partial charge >= 0.3 is 0 Å². The minimum atomic E-state index is -0.250. The second kappa shape index (κ2) is 38.9. The highest BCUT2D eigenvalue weighted by molar-refractivity contribution is 6.04. The molecule has 4 amide bonds. The number of anilines is 2. The first-order valence-electron chi connectivity index (χ1n) is 45.0. The monoisotopic (exact) mass is 1710 g/mol. The zero-order chi connectivity index (χ0) is 89.1. The molecular formula is C112H104N14O4. The lowest BCUT2D eigenvalue weighted by Gasteiger charge is -2.09. The number of hydrogen-bond acceptors (Lipinski definition) is 10. The molecule has 8 aromatic carbocycles. The third-order valence-corrected chi connectivity index (χ3v) is 24.3. The number of unbranched alkanes of at least 4 members (excludes halogenated alkanes) is 1. The predicted molar refractivity (Wildman–Crippen MR) is 536 cm³/mol. The van der Waals surface area contributed by atoms with Crippen LogP contribution in [0.4, 0.5) is 11.4 Å². The highest BCUT2D eigenvalue weighted by atomic mass is 16.2. The van der Waals surface area contributed by atoms with Crippen molar-refractivity contribution in [3.05, 3.63) is 322 Å². The topological polar surface area (TPSA) is 255 Å². The van der Waals surface area contributed by atoms with Gasteiger partial charge in [-0.3, -0.25) is 19.2 Å². The second-order valence-electron chi connectivity index (χ2n) is 34.1. The molecule has 646 valence electrons. The lowest BCUT2D eigenvalue weighted by molar-refractivity contribution is -0.124. The Balaban J connectivity index is 0.443. The van der Waals surface area contributed by atoms with Crippen molar-refractivity contribution in [2.75, 3.05) is 49.9 Å². The maximum absolute atomic E-state index is 13.4. The zero-order valence-corrected chi connectivity index (χ0v) is 74.0. The number of benzene rings is 8. The van der Waals surface area contributed by atoms with E-state index in [1.807, 2.05) is 48.5 Å². The van der Waals surface area contributed by atoms with Gasteiger partial charge in [0.2, 0.25) is 23.6 Å². The molecular weight excluding hydrogens is 1610 g/mol. The van der Waals surface area contributed by atoms with Crippen molar-refractivity contribution < 1.29 is 19.2 Å². The molecule has 0 radical (unpaired) electrons. The first kappa shape index (κ1) is 85.5. The molecule has 0 unspecified atom stereocenters. The molecule has 18 heteroatoms. The number of rotatable bonds is 29. The maximum Gasteiger partial charge on any atom is 0.224 e. The fraction of sp³-hybridized carbons (Fsp3) is 0.179. The van der Waals surface area contributed by atoms with Crippen LogP contribution in [0.2, 0.25) is 0 Å². The number of aromatic amines is 4. The summed E-state index contributed by atoms with van der Waals surface area (Å²) in [4.78, 5) is 90.1. The van der Waals surface area contributed by atoms with Crippen molar-refractivity contribution >= 4 is 128 Å². The first-order valence-corrected chi connectivity index (χ1v) is 45.0. The summed E-state index contributed by atoms with van der Waals surface area (Å²) in [7, 11) is 0. The van der Waals surface area contributed by atoms with E-state index in [-0.39, 0.29) is 49.3 Å². The average Bonchev–Trinajstić information content (AvgIpc) is 1.61. The maximum atomic E-state index is 13.4. The van der Waals surface area contributed by atoms with E-state index in [1.165, 1.54) is 11.1 Å². The molecule has 6 aromatic heterocycles. The number of H-pyrrole nitrogens is 4. The van der Waals surface area contributed by atoms with Gasteiger partial charge in [0, 0.05) is 139 Å². The van der Waals surface area contributed by atoms with Crippen molar-refractivity contribution in [1.29, 1.82) is 0 Å². The molecule has 10 N–H and O–H groups in total. The molecule has 14 aromatic rings. The van der Waals surface area contributed by atoms with Crippen LogP contribution in [0.5, 0.6) is 0 Å². The summed E-state index contributed by atoms with van der Waals surface area (Å²) in [6.45, 7) is 16.8. The Hall–Kier alpha value is -15.2. The Morgan fingerprint density at radius 3 is 0.592 bits per heavy atom. The number of amides is 4. The molecule has 18 rings (SSSR count). The number of aryl methyl sites for hydroxylation is 6. The van der Waals surface area contributed by atoms with Crippen molar-refractivity contribution in [3.63, 3.8) is 0 Å². The minimum Gasteiger partial charge on any atom is -0.356 e. The van der Waals surface area contributed by atoms with Crippen LogP contribution in [-0.2, 0) is 19.2 Å². The number of nitrogens with zero attached hydrogens (tertiary/aromatic N) is 4. The van der Waals surface area contributed by atoms with Crippen molar-refractivity contribution in [3.8, 4) is 89.0 Å². The van der Waals surface area contributed by atoms with Crippen LogP contribution in [-0.4, -0.2) is 103 Å². The Morgan fingerprint density at radius 1 is 0.215 bits per heavy atom. The average molecular weight is 1710 g/mol. The van der Waals surface area contributed by atoms with Gasteiger partial charge in [-0.15, -0.1) is 0 Å². The van der Waals surface area contributed by atoms with Gasteiger partial charge in [-0.1, -0.05) is 203 Å². The summed E-state index contributed by atoms with van der Waals surface area (Å²) in [5, 5.41) is 19.0. The molecule has 0 aliphatic carbocycles. The smallest absolute Gasteiger partial charge is 0.224 e. The van der Waals surface area contributed by atoms with Crippen molar-refractivity contribution in [1.82, 2.24) is 61.1 Å². The van der Waals surface area contributed by atoms with E-state index in [0.29, 0.717) is 24.5 Å². The van der Waals surface area contributed by atoms with E-state index in [9.17, 15) is 19.2 Å². The molecule has 16 bridgehead atoms. The van der Waals surface area contributed by atoms with Crippen LogP contribution in [0, 0.1) is 41.5 Å². The van der Waals surface area contributed by atoms with Crippen molar-refractivity contribution in [2.45, 2.75) is 92.9 Å².